The molecule has 0 spiro atoms. The maximum atomic E-state index is 4.44. The summed E-state index contributed by atoms with van der Waals surface area (Å²) in [5.41, 5.74) is 1.42. The molecule has 4 saturated carbocycles. The molecule has 12 unspecified atom stereocenters. The molecule has 9 aliphatic rings. The van der Waals surface area contributed by atoms with Crippen LogP contribution < -0.4 is 42.5 Å². The predicted octanol–water partition coefficient (Wildman–Crippen LogP) is 7.69. The van der Waals surface area contributed by atoms with E-state index in [0.29, 0.717) is 118 Å². The summed E-state index contributed by atoms with van der Waals surface area (Å²) >= 11 is 0. The summed E-state index contributed by atoms with van der Waals surface area (Å²) in [6.07, 6.45) is 18.8. The summed E-state index contributed by atoms with van der Waals surface area (Å²) in [4.78, 5) is 0. The Kier molecular flexibility index (Phi) is 12.2. The fraction of sp³-hybridized carbons (Fsp3) is 1.00. The molecular formula is C48H88N8Zn. The molecule has 8 bridgehead atoms. The van der Waals surface area contributed by atoms with Gasteiger partial charge in [0.2, 0.25) is 0 Å². The molecule has 0 amide bonds. The summed E-state index contributed by atoms with van der Waals surface area (Å²) in [6.45, 7) is 30.0. The first kappa shape index (κ1) is 43.9. The van der Waals surface area contributed by atoms with E-state index in [4.69, 9.17) is 0 Å². The van der Waals surface area contributed by atoms with E-state index in [1.807, 2.05) is 0 Å². The Labute approximate surface area is 362 Å². The monoisotopic (exact) mass is 841 g/mol. The Morgan fingerprint density at radius 3 is 0.561 bits per heavy atom. The maximum absolute atomic E-state index is 4.44. The number of fused-ring (bicyclic) bond motifs is 20. The zero-order valence-corrected chi connectivity index (χ0v) is 41.7. The smallest absolute Gasteiger partial charge is 0.0628 e. The van der Waals surface area contributed by atoms with Crippen molar-refractivity contribution in [2.45, 2.75) is 209 Å². The molecule has 0 aromatic rings. The van der Waals surface area contributed by atoms with Crippen molar-refractivity contribution in [3.63, 3.8) is 0 Å². The molecule has 57 heavy (non-hydrogen) atoms. The fourth-order valence-electron chi connectivity index (χ4n) is 15.2. The van der Waals surface area contributed by atoms with Crippen LogP contribution in [0.1, 0.15) is 160 Å². The molecule has 4 aliphatic carbocycles. The molecule has 9 heteroatoms. The van der Waals surface area contributed by atoms with Gasteiger partial charge in [-0.25, -0.2) is 0 Å². The van der Waals surface area contributed by atoms with E-state index in [9.17, 15) is 0 Å². The number of rotatable bonds is 0. The molecule has 322 valence electrons. The van der Waals surface area contributed by atoms with Crippen LogP contribution in [0.25, 0.3) is 0 Å². The molecule has 9 rings (SSSR count). The zero-order valence-electron chi connectivity index (χ0n) is 38.7. The Morgan fingerprint density at radius 2 is 0.404 bits per heavy atom. The molecule has 5 aliphatic heterocycles. The third kappa shape index (κ3) is 8.43. The van der Waals surface area contributed by atoms with Gasteiger partial charge in [0, 0.05) is 19.5 Å². The van der Waals surface area contributed by atoms with Crippen molar-refractivity contribution in [2.75, 3.05) is 0 Å². The van der Waals surface area contributed by atoms with Gasteiger partial charge in [-0.3, -0.25) is 42.5 Å². The van der Waals surface area contributed by atoms with Crippen molar-refractivity contribution in [3.8, 4) is 0 Å². The zero-order chi connectivity index (χ0) is 39.7. The SMILES string of the molecule is CC(C)(C)C1CCC2C3NC(NC4NC(NC5NC(NC6NC(N3)C3CC(C(C)(C)C)CCC63)C3CC(C(C)(C)C)CCC53)C3CC(C(C)(C)C)CCC43)C2C1.[Zn]. The Balaban J connectivity index is 0.00000455. The molecule has 0 radical (unpaired) electrons. The van der Waals surface area contributed by atoms with E-state index in [2.05, 4.69) is 126 Å². The van der Waals surface area contributed by atoms with Gasteiger partial charge in [-0.15, -0.1) is 0 Å². The molecule has 5 saturated heterocycles. The first-order valence-electron chi connectivity index (χ1n) is 24.3. The van der Waals surface area contributed by atoms with Crippen LogP contribution in [0.4, 0.5) is 0 Å². The first-order chi connectivity index (χ1) is 26.2. The minimum Gasteiger partial charge on any atom is -0.286 e. The van der Waals surface area contributed by atoms with Crippen LogP contribution in [0.2, 0.25) is 0 Å². The molecule has 8 nitrogen and oxygen atoms in total. The second kappa shape index (κ2) is 15.8. The summed E-state index contributed by atoms with van der Waals surface area (Å²) in [6, 6.07) is 0. The molecule has 8 N–H and O–H groups in total. The van der Waals surface area contributed by atoms with Crippen molar-refractivity contribution in [2.24, 2.45) is 92.7 Å². The largest absolute Gasteiger partial charge is 0.286 e. The molecular weight excluding hydrogens is 754 g/mol. The van der Waals surface area contributed by atoms with Crippen LogP contribution in [0.5, 0.6) is 0 Å². The van der Waals surface area contributed by atoms with Crippen molar-refractivity contribution in [3.05, 3.63) is 0 Å². The minimum absolute atomic E-state index is 0. The maximum Gasteiger partial charge on any atom is 0.0628 e. The summed E-state index contributed by atoms with van der Waals surface area (Å²) in [5, 5.41) is 35.2. The topological polar surface area (TPSA) is 96.2 Å². The normalized spacial score (nSPS) is 50.3. The molecule has 12 atom stereocenters. The predicted molar refractivity (Wildman–Crippen MR) is 230 cm³/mol. The second-order valence-electron chi connectivity index (χ2n) is 26.0. The van der Waals surface area contributed by atoms with E-state index in [-0.39, 0.29) is 19.5 Å². The van der Waals surface area contributed by atoms with Crippen LogP contribution >= 0.6 is 0 Å². The van der Waals surface area contributed by atoms with Crippen LogP contribution in [0.15, 0.2) is 0 Å². The van der Waals surface area contributed by atoms with Crippen molar-refractivity contribution in [1.29, 1.82) is 0 Å². The van der Waals surface area contributed by atoms with Gasteiger partial charge in [0.25, 0.3) is 0 Å². The number of hydrogen-bond acceptors (Lipinski definition) is 8. The summed E-state index contributed by atoms with van der Waals surface area (Å²) in [7, 11) is 0. The molecule has 9 fully saturated rings. The minimum atomic E-state index is 0. The number of nitrogens with one attached hydrogen (secondary N) is 8. The van der Waals surface area contributed by atoms with Gasteiger partial charge < -0.3 is 0 Å². The molecule has 0 aromatic carbocycles. The third-order valence-electron chi connectivity index (χ3n) is 19.0. The summed E-state index contributed by atoms with van der Waals surface area (Å²) in [5.74, 6) is 8.35. The average Bonchev–Trinajstić information content (AvgIpc) is 3.84. The van der Waals surface area contributed by atoms with Gasteiger partial charge in [-0.2, -0.15) is 0 Å². The van der Waals surface area contributed by atoms with Gasteiger partial charge in [-0.05, 0) is 170 Å². The van der Waals surface area contributed by atoms with Gasteiger partial charge in [0.15, 0.2) is 0 Å². The van der Waals surface area contributed by atoms with Crippen LogP contribution in [0, 0.1) is 92.7 Å². The standard InChI is InChI=1S/C48H88N8.Zn/c1-45(2,3)25-13-17-29-33(21-25)41-49-37(29)54-42-35-23-27(47(7,8)9)15-19-31(35)39(51-42)56-44-36-24-28(48(10,11)12)16-20-32(36)40(52-44)55-43-34-22-26(46(4,5)6)14-18-30(34)38(50-43)53-41;/h25-44,49-56H,13-24H2,1-12H3;. The van der Waals surface area contributed by atoms with E-state index in [0.717, 1.165) is 23.7 Å². The molecule has 0 aromatic heterocycles. The van der Waals surface area contributed by atoms with E-state index in [1.54, 1.807) is 0 Å². The van der Waals surface area contributed by atoms with Gasteiger partial charge >= 0.3 is 0 Å². The fourth-order valence-corrected chi connectivity index (χ4v) is 15.2. The van der Waals surface area contributed by atoms with E-state index >= 15 is 0 Å². The average molecular weight is 843 g/mol. The van der Waals surface area contributed by atoms with Crippen molar-refractivity contribution >= 4 is 0 Å². The van der Waals surface area contributed by atoms with Crippen molar-refractivity contribution in [1.82, 2.24) is 42.5 Å². The van der Waals surface area contributed by atoms with Crippen LogP contribution in [-0.4, -0.2) is 49.3 Å². The quantitative estimate of drug-likeness (QED) is 0.118. The van der Waals surface area contributed by atoms with E-state index < -0.39 is 0 Å². The van der Waals surface area contributed by atoms with Crippen LogP contribution in [-0.2, 0) is 19.5 Å². The third-order valence-corrected chi connectivity index (χ3v) is 19.0. The van der Waals surface area contributed by atoms with Gasteiger partial charge in [0.1, 0.15) is 0 Å². The Bertz CT molecular complexity index is 1190. The van der Waals surface area contributed by atoms with Crippen LogP contribution in [0.3, 0.4) is 0 Å². The second-order valence-corrected chi connectivity index (χ2v) is 26.0. The molecule has 5 heterocycles. The van der Waals surface area contributed by atoms with Crippen molar-refractivity contribution < 1.29 is 19.5 Å². The van der Waals surface area contributed by atoms with Gasteiger partial charge in [-0.1, -0.05) is 83.1 Å². The Hall–Kier alpha value is 0.303. The van der Waals surface area contributed by atoms with Gasteiger partial charge in [0.05, 0.1) is 49.3 Å². The Morgan fingerprint density at radius 1 is 0.246 bits per heavy atom. The number of hydrogen-bond donors (Lipinski definition) is 8. The first-order valence-corrected chi connectivity index (χ1v) is 24.3. The van der Waals surface area contributed by atoms with E-state index in [1.165, 1.54) is 77.0 Å². The summed E-state index contributed by atoms with van der Waals surface area (Å²) < 4.78 is 0.